The predicted octanol–water partition coefficient (Wildman–Crippen LogP) is 20.9. The van der Waals surface area contributed by atoms with Gasteiger partial charge in [-0.1, -0.05) is 211 Å². The lowest BCUT2D eigenvalue weighted by Crippen LogP contribution is -2.11. The van der Waals surface area contributed by atoms with Crippen LogP contribution in [0.15, 0.2) is 232 Å². The first-order chi connectivity index (χ1) is 36.5. The summed E-state index contributed by atoms with van der Waals surface area (Å²) in [6.07, 6.45) is 0. The first-order valence-electron chi connectivity index (χ1n) is 26.0. The molecule has 362 valence electrons. The molecule has 0 atom stereocenters. The van der Waals surface area contributed by atoms with Crippen molar-refractivity contribution in [2.24, 2.45) is 0 Å². The van der Waals surface area contributed by atoms with Gasteiger partial charge in [0.25, 0.3) is 0 Å². The zero-order valence-corrected chi connectivity index (χ0v) is 42.9. The van der Waals surface area contributed by atoms with Crippen molar-refractivity contribution in [3.8, 4) is 11.1 Å². The molecule has 0 saturated carbocycles. The molecule has 5 nitrogen and oxygen atoms in total. The van der Waals surface area contributed by atoms with Gasteiger partial charge in [0.05, 0.1) is 22.7 Å². The van der Waals surface area contributed by atoms with E-state index in [1.54, 1.807) is 0 Å². The Bertz CT molecular complexity index is 4550. The minimum atomic E-state index is -0.110. The molecule has 0 radical (unpaired) electrons. The van der Waals surface area contributed by atoms with Crippen molar-refractivity contribution in [1.82, 2.24) is 0 Å². The number of rotatable bonds is 7. The second kappa shape index (κ2) is 16.7. The summed E-state index contributed by atoms with van der Waals surface area (Å²) in [5.74, 6) is 0. The topological polar surface area (TPSA) is 45.9 Å². The highest BCUT2D eigenvalue weighted by molar-refractivity contribution is 6.28. The molecule has 14 aromatic rings. The van der Waals surface area contributed by atoms with E-state index in [1.165, 1.54) is 11.1 Å². The number of furan rings is 3. The minimum Gasteiger partial charge on any atom is -0.455 e. The number of fused-ring (bicyclic) bond motifs is 13. The van der Waals surface area contributed by atoms with Crippen molar-refractivity contribution < 1.29 is 13.3 Å². The van der Waals surface area contributed by atoms with Crippen molar-refractivity contribution in [1.29, 1.82) is 0 Å². The average molecular weight is 971 g/mol. The number of hydrogen-bond donors (Lipinski definition) is 0. The molecular weight excluding hydrogens is 917 g/mol. The van der Waals surface area contributed by atoms with Gasteiger partial charge >= 0.3 is 0 Å². The maximum Gasteiger partial charge on any atom is 0.159 e. The van der Waals surface area contributed by atoms with Crippen LogP contribution in [0.25, 0.3) is 98.5 Å². The smallest absolute Gasteiger partial charge is 0.159 e. The maximum atomic E-state index is 7.28. The fraction of sp³-hybridized carbons (Fsp3) is 0.114. The van der Waals surface area contributed by atoms with Gasteiger partial charge in [-0.25, -0.2) is 0 Å². The summed E-state index contributed by atoms with van der Waals surface area (Å²) in [7, 11) is 0. The van der Waals surface area contributed by atoms with E-state index in [2.05, 4.69) is 270 Å². The second-order valence-corrected chi connectivity index (χ2v) is 22.0. The van der Waals surface area contributed by atoms with E-state index in [0.29, 0.717) is 0 Å². The van der Waals surface area contributed by atoms with Crippen molar-refractivity contribution in [2.45, 2.75) is 52.4 Å². The Labute approximate surface area is 435 Å². The molecule has 0 spiro atoms. The molecule has 0 fully saturated rings. The van der Waals surface area contributed by atoms with E-state index in [1.807, 2.05) is 0 Å². The first-order valence-corrected chi connectivity index (χ1v) is 26.0. The zero-order valence-electron chi connectivity index (χ0n) is 42.9. The number of anilines is 6. The summed E-state index contributed by atoms with van der Waals surface area (Å²) in [5.41, 5.74) is 15.6. The summed E-state index contributed by atoms with van der Waals surface area (Å²) < 4.78 is 21.6. The standard InChI is InChI=1S/C70H54N2O3/c1-69(2,3)44-39-37-43(38-40-44)47-29-17-30-52-54-32-19-35-58(67(54)74-64(47)52)72(46-23-11-8-12-24-46)61-42-62-63(50-27-15-13-25-48(50)61)56-41-60(49-26-14-16-28-51(49)65(56)73-62)71(45-21-9-7-10-22-45)59-36-20-33-55-53-31-18-34-57(70(4,5)6)66(53)75-68(55)59/h7-42H,1-6H3. The Morgan fingerprint density at radius 3 is 1.35 bits per heavy atom. The van der Waals surface area contributed by atoms with Crippen LogP contribution in [-0.4, -0.2) is 0 Å². The SMILES string of the molecule is CC(C)(C)c1ccc(-c2cccc3c2oc2c(N(c4ccccc4)c4cc5oc6c7ccccc7c(N(c7ccccc7)c7cccc8c7oc7c(C(C)(C)C)cccc78)cc6c5c5ccccc45)cccc23)cc1. The van der Waals surface area contributed by atoms with Crippen molar-refractivity contribution >= 4 is 121 Å². The van der Waals surface area contributed by atoms with Crippen LogP contribution in [0.5, 0.6) is 0 Å². The molecule has 0 aliphatic rings. The van der Waals surface area contributed by atoms with Crippen LogP contribution in [0.3, 0.4) is 0 Å². The van der Waals surface area contributed by atoms with Gasteiger partial charge in [0, 0.05) is 77.0 Å². The Morgan fingerprint density at radius 1 is 0.307 bits per heavy atom. The highest BCUT2D eigenvalue weighted by atomic mass is 16.3. The maximum absolute atomic E-state index is 7.28. The molecule has 0 amide bonds. The van der Waals surface area contributed by atoms with E-state index in [4.69, 9.17) is 13.3 Å². The summed E-state index contributed by atoms with van der Waals surface area (Å²) in [4.78, 5) is 4.72. The molecule has 0 aliphatic carbocycles. The van der Waals surface area contributed by atoms with Gasteiger partial charge in [-0.3, -0.25) is 0 Å². The Hall–Kier alpha value is -9.06. The Kier molecular flexibility index (Phi) is 9.96. The monoisotopic (exact) mass is 970 g/mol. The second-order valence-electron chi connectivity index (χ2n) is 22.0. The third-order valence-corrected chi connectivity index (χ3v) is 15.3. The number of nitrogens with zero attached hydrogens (tertiary/aromatic N) is 2. The summed E-state index contributed by atoms with van der Waals surface area (Å²) in [6.45, 7) is 13.5. The third kappa shape index (κ3) is 7.06. The third-order valence-electron chi connectivity index (χ3n) is 15.3. The quantitative estimate of drug-likeness (QED) is 0.159. The lowest BCUT2D eigenvalue weighted by atomic mass is 9.86. The minimum absolute atomic E-state index is 0.0549. The molecule has 5 heteroatoms. The molecule has 14 rings (SSSR count). The van der Waals surface area contributed by atoms with Gasteiger partial charge in [-0.05, 0) is 69.8 Å². The molecule has 0 N–H and O–H groups in total. The zero-order chi connectivity index (χ0) is 50.7. The lowest BCUT2D eigenvalue weighted by molar-refractivity contribution is 0.573. The largest absolute Gasteiger partial charge is 0.455 e. The van der Waals surface area contributed by atoms with E-state index in [9.17, 15) is 0 Å². The Balaban J connectivity index is 1.01. The van der Waals surface area contributed by atoms with Crippen LogP contribution in [0.1, 0.15) is 52.7 Å². The molecule has 0 unspecified atom stereocenters. The van der Waals surface area contributed by atoms with Gasteiger partial charge in [-0.15, -0.1) is 0 Å². The molecular formula is C70H54N2O3. The van der Waals surface area contributed by atoms with Gasteiger partial charge in [0.15, 0.2) is 11.2 Å². The van der Waals surface area contributed by atoms with Gasteiger partial charge in [-0.2, -0.15) is 0 Å². The Morgan fingerprint density at radius 2 is 0.760 bits per heavy atom. The normalized spacial score (nSPS) is 12.4. The number of benzene rings is 11. The van der Waals surface area contributed by atoms with Gasteiger partial charge < -0.3 is 23.1 Å². The van der Waals surface area contributed by atoms with Crippen molar-refractivity contribution in [2.75, 3.05) is 9.80 Å². The van der Waals surface area contributed by atoms with E-state index < -0.39 is 0 Å². The summed E-state index contributed by atoms with van der Waals surface area (Å²) >= 11 is 0. The van der Waals surface area contributed by atoms with E-state index >= 15 is 0 Å². The molecule has 0 saturated heterocycles. The van der Waals surface area contributed by atoms with Crippen LogP contribution in [0, 0.1) is 0 Å². The molecule has 3 aromatic heterocycles. The highest BCUT2D eigenvalue weighted by Crippen LogP contribution is 2.52. The fourth-order valence-corrected chi connectivity index (χ4v) is 11.7. The molecule has 0 aliphatic heterocycles. The number of para-hydroxylation sites is 6. The molecule has 3 heterocycles. The fourth-order valence-electron chi connectivity index (χ4n) is 11.7. The van der Waals surface area contributed by atoms with Crippen LogP contribution < -0.4 is 9.80 Å². The van der Waals surface area contributed by atoms with Crippen LogP contribution in [0.4, 0.5) is 34.1 Å². The van der Waals surface area contributed by atoms with Crippen LogP contribution in [-0.2, 0) is 10.8 Å². The van der Waals surface area contributed by atoms with E-state index in [-0.39, 0.29) is 10.8 Å². The van der Waals surface area contributed by atoms with Gasteiger partial charge in [0.2, 0.25) is 0 Å². The van der Waals surface area contributed by atoms with Crippen LogP contribution >= 0.6 is 0 Å². The van der Waals surface area contributed by atoms with Crippen molar-refractivity contribution in [3.05, 3.63) is 230 Å². The van der Waals surface area contributed by atoms with Gasteiger partial charge in [0.1, 0.15) is 22.3 Å². The van der Waals surface area contributed by atoms with Crippen molar-refractivity contribution in [3.63, 3.8) is 0 Å². The molecule has 0 bridgehead atoms. The number of hydrogen-bond acceptors (Lipinski definition) is 5. The lowest BCUT2D eigenvalue weighted by Gasteiger charge is -2.27. The predicted molar refractivity (Wildman–Crippen MR) is 315 cm³/mol. The molecule has 75 heavy (non-hydrogen) atoms. The van der Waals surface area contributed by atoms with E-state index in [0.717, 1.165) is 133 Å². The highest BCUT2D eigenvalue weighted by Gasteiger charge is 2.29. The molecule has 11 aromatic carbocycles. The summed E-state index contributed by atoms with van der Waals surface area (Å²) in [6, 6.07) is 78.2. The summed E-state index contributed by atoms with van der Waals surface area (Å²) in [5, 5.41) is 10.7. The van der Waals surface area contributed by atoms with Crippen LogP contribution in [0.2, 0.25) is 0 Å². The first kappa shape index (κ1) is 44.6. The average Bonchev–Trinajstić information content (AvgIpc) is 4.15.